The fourth-order valence-corrected chi connectivity index (χ4v) is 4.77. The van der Waals surface area contributed by atoms with Crippen LogP contribution in [0.15, 0.2) is 53.9 Å². The molecule has 2 amide bonds. The van der Waals surface area contributed by atoms with Gasteiger partial charge in [-0.05, 0) is 66.8 Å². The van der Waals surface area contributed by atoms with Crippen molar-refractivity contribution in [1.29, 1.82) is 0 Å². The number of hydrogen-bond donors (Lipinski definition) is 2. The molecule has 2 aromatic carbocycles. The van der Waals surface area contributed by atoms with Crippen LogP contribution in [0, 0.1) is 0 Å². The molecule has 0 radical (unpaired) electrons. The fourth-order valence-electron chi connectivity index (χ4n) is 3.49. The predicted octanol–water partition coefficient (Wildman–Crippen LogP) is 5.37. The van der Waals surface area contributed by atoms with E-state index >= 15 is 0 Å². The average molecular weight is 474 g/mol. The lowest BCUT2D eigenvalue weighted by molar-refractivity contribution is -0.117. The van der Waals surface area contributed by atoms with E-state index in [4.69, 9.17) is 23.2 Å². The summed E-state index contributed by atoms with van der Waals surface area (Å²) in [5.74, 6) is -0.775. The van der Waals surface area contributed by atoms with E-state index in [-0.39, 0.29) is 21.5 Å². The van der Waals surface area contributed by atoms with Crippen molar-refractivity contribution in [2.24, 2.45) is 0 Å². The van der Waals surface area contributed by atoms with Crippen LogP contribution in [0.3, 0.4) is 0 Å². The molecule has 8 heteroatoms. The van der Waals surface area contributed by atoms with Gasteiger partial charge in [-0.25, -0.2) is 0 Å². The lowest BCUT2D eigenvalue weighted by atomic mass is 10.1. The summed E-state index contributed by atoms with van der Waals surface area (Å²) in [6.07, 6.45) is 1.05. The number of nitrogens with zero attached hydrogens (tertiary/aromatic N) is 1. The number of carbonyl (C=O) groups is 2. The SMILES string of the molecule is CC(NC(=O)c1cccc(Cl)c1Cl)C(=O)Nc1ccc(N2CCc3sccc3C2)cc1. The minimum Gasteiger partial charge on any atom is -0.367 e. The molecule has 0 saturated heterocycles. The first-order chi connectivity index (χ1) is 14.9. The molecule has 3 aromatic rings. The number of halogens is 2. The number of carbonyl (C=O) groups excluding carboxylic acids is 2. The molecule has 2 heterocycles. The van der Waals surface area contributed by atoms with Crippen molar-refractivity contribution >= 4 is 57.7 Å². The highest BCUT2D eigenvalue weighted by molar-refractivity contribution is 7.10. The quantitative estimate of drug-likeness (QED) is 0.523. The lowest BCUT2D eigenvalue weighted by Crippen LogP contribution is -2.41. The standard InChI is InChI=1S/C23H21Cl2N3O2S/c1-14(26-23(30)18-3-2-4-19(24)21(18)25)22(29)27-16-5-7-17(8-6-16)28-11-9-20-15(13-28)10-12-31-20/h2-8,10,12,14H,9,11,13H2,1H3,(H,26,30)(H,27,29). The smallest absolute Gasteiger partial charge is 0.253 e. The monoisotopic (exact) mass is 473 g/mol. The van der Waals surface area contributed by atoms with Crippen LogP contribution in [-0.2, 0) is 17.8 Å². The minimum atomic E-state index is -0.749. The Balaban J connectivity index is 1.35. The van der Waals surface area contributed by atoms with Gasteiger partial charge in [-0.1, -0.05) is 29.3 Å². The number of anilines is 2. The molecule has 0 saturated carbocycles. The van der Waals surface area contributed by atoms with Gasteiger partial charge in [0, 0.05) is 29.3 Å². The minimum absolute atomic E-state index is 0.164. The molecule has 160 valence electrons. The van der Waals surface area contributed by atoms with Crippen LogP contribution in [0.2, 0.25) is 10.0 Å². The number of amides is 2. The van der Waals surface area contributed by atoms with Crippen LogP contribution in [-0.4, -0.2) is 24.4 Å². The maximum absolute atomic E-state index is 12.5. The van der Waals surface area contributed by atoms with Crippen LogP contribution in [0.5, 0.6) is 0 Å². The zero-order valence-corrected chi connectivity index (χ0v) is 19.2. The van der Waals surface area contributed by atoms with E-state index < -0.39 is 11.9 Å². The third kappa shape index (κ3) is 4.87. The van der Waals surface area contributed by atoms with E-state index in [0.29, 0.717) is 5.69 Å². The first-order valence-electron chi connectivity index (χ1n) is 9.88. The van der Waals surface area contributed by atoms with Crippen molar-refractivity contribution in [2.75, 3.05) is 16.8 Å². The second kappa shape index (κ2) is 9.30. The highest BCUT2D eigenvalue weighted by Crippen LogP contribution is 2.28. The van der Waals surface area contributed by atoms with E-state index in [0.717, 1.165) is 25.2 Å². The van der Waals surface area contributed by atoms with E-state index in [1.165, 1.54) is 10.4 Å². The summed E-state index contributed by atoms with van der Waals surface area (Å²) >= 11 is 13.9. The van der Waals surface area contributed by atoms with Crippen molar-refractivity contribution in [3.8, 4) is 0 Å². The number of thiophene rings is 1. The highest BCUT2D eigenvalue weighted by Gasteiger charge is 2.20. The van der Waals surface area contributed by atoms with Crippen molar-refractivity contribution < 1.29 is 9.59 Å². The number of nitrogens with one attached hydrogen (secondary N) is 2. The topological polar surface area (TPSA) is 61.4 Å². The van der Waals surface area contributed by atoms with E-state index in [1.807, 2.05) is 35.6 Å². The van der Waals surface area contributed by atoms with E-state index in [9.17, 15) is 9.59 Å². The molecular weight excluding hydrogens is 453 g/mol. The molecule has 0 bridgehead atoms. The first-order valence-corrected chi connectivity index (χ1v) is 11.5. The summed E-state index contributed by atoms with van der Waals surface area (Å²) in [6.45, 7) is 3.50. The van der Waals surface area contributed by atoms with Gasteiger partial charge in [0.25, 0.3) is 5.91 Å². The van der Waals surface area contributed by atoms with Gasteiger partial charge in [0.2, 0.25) is 5.91 Å². The maximum Gasteiger partial charge on any atom is 0.253 e. The van der Waals surface area contributed by atoms with Crippen molar-refractivity contribution in [1.82, 2.24) is 5.32 Å². The summed E-state index contributed by atoms with van der Waals surface area (Å²) in [4.78, 5) is 28.8. The molecule has 1 aliphatic heterocycles. The molecule has 1 unspecified atom stereocenters. The van der Waals surface area contributed by atoms with Crippen LogP contribution in [0.1, 0.15) is 27.7 Å². The Kier molecular flexibility index (Phi) is 6.51. The van der Waals surface area contributed by atoms with Gasteiger partial charge in [0.1, 0.15) is 6.04 Å². The Bertz CT molecular complexity index is 1110. The Morgan fingerprint density at radius 3 is 2.65 bits per heavy atom. The van der Waals surface area contributed by atoms with Crippen molar-refractivity contribution in [3.05, 3.63) is 80.0 Å². The van der Waals surface area contributed by atoms with E-state index in [1.54, 1.807) is 25.1 Å². The van der Waals surface area contributed by atoms with Crippen LogP contribution in [0.25, 0.3) is 0 Å². The molecular formula is C23H21Cl2N3O2S. The number of hydrogen-bond acceptors (Lipinski definition) is 4. The Morgan fingerprint density at radius 1 is 1.10 bits per heavy atom. The Labute approximate surface area is 195 Å². The summed E-state index contributed by atoms with van der Waals surface area (Å²) in [5.41, 5.74) is 3.40. The first kappa shape index (κ1) is 21.7. The van der Waals surface area contributed by atoms with Gasteiger partial charge < -0.3 is 15.5 Å². The van der Waals surface area contributed by atoms with Crippen LogP contribution in [0.4, 0.5) is 11.4 Å². The average Bonchev–Trinajstić information content (AvgIpc) is 3.24. The van der Waals surface area contributed by atoms with Crippen molar-refractivity contribution in [2.45, 2.75) is 25.9 Å². The number of rotatable bonds is 5. The summed E-state index contributed by atoms with van der Waals surface area (Å²) in [5, 5.41) is 8.09. The molecule has 4 rings (SSSR count). The summed E-state index contributed by atoms with van der Waals surface area (Å²) in [6, 6.07) is 14.0. The normalized spacial score (nSPS) is 14.0. The zero-order valence-electron chi connectivity index (χ0n) is 16.8. The molecule has 31 heavy (non-hydrogen) atoms. The summed E-state index contributed by atoms with van der Waals surface area (Å²) < 4.78 is 0. The molecule has 1 atom stereocenters. The molecule has 0 aliphatic carbocycles. The van der Waals surface area contributed by atoms with Crippen LogP contribution < -0.4 is 15.5 Å². The largest absolute Gasteiger partial charge is 0.367 e. The second-order valence-corrected chi connectivity index (χ2v) is 9.16. The van der Waals surface area contributed by atoms with Crippen molar-refractivity contribution in [3.63, 3.8) is 0 Å². The lowest BCUT2D eigenvalue weighted by Gasteiger charge is -2.29. The van der Waals surface area contributed by atoms with Crippen LogP contribution >= 0.6 is 34.5 Å². The third-order valence-electron chi connectivity index (χ3n) is 5.24. The van der Waals surface area contributed by atoms with Gasteiger partial charge in [-0.3, -0.25) is 9.59 Å². The van der Waals surface area contributed by atoms with Gasteiger partial charge in [-0.2, -0.15) is 0 Å². The van der Waals surface area contributed by atoms with Gasteiger partial charge in [0.05, 0.1) is 15.6 Å². The van der Waals surface area contributed by atoms with Gasteiger partial charge in [-0.15, -0.1) is 11.3 Å². The molecule has 1 aliphatic rings. The molecule has 2 N–H and O–H groups in total. The number of benzene rings is 2. The van der Waals surface area contributed by atoms with Gasteiger partial charge in [0.15, 0.2) is 0 Å². The van der Waals surface area contributed by atoms with E-state index in [2.05, 4.69) is 27.0 Å². The number of fused-ring (bicyclic) bond motifs is 1. The van der Waals surface area contributed by atoms with Gasteiger partial charge >= 0.3 is 0 Å². The second-order valence-electron chi connectivity index (χ2n) is 7.37. The fraction of sp³-hybridized carbons (Fsp3) is 0.217. The summed E-state index contributed by atoms with van der Waals surface area (Å²) in [7, 11) is 0. The predicted molar refractivity (Wildman–Crippen MR) is 128 cm³/mol. The highest BCUT2D eigenvalue weighted by atomic mass is 35.5. The Morgan fingerprint density at radius 2 is 1.87 bits per heavy atom. The molecule has 0 spiro atoms. The molecule has 0 fully saturated rings. The molecule has 5 nitrogen and oxygen atoms in total. The maximum atomic E-state index is 12.5. The third-order valence-corrected chi connectivity index (χ3v) is 7.09. The Hall–Kier alpha value is -2.54. The molecule has 1 aromatic heterocycles. The zero-order chi connectivity index (χ0) is 22.0.